The van der Waals surface area contributed by atoms with Crippen LogP contribution in [0.25, 0.3) is 0 Å². The highest BCUT2D eigenvalue weighted by Gasteiger charge is 2.27. The van der Waals surface area contributed by atoms with E-state index < -0.39 is 11.4 Å². The molecule has 0 bridgehead atoms. The lowest BCUT2D eigenvalue weighted by molar-refractivity contribution is -0.128. The maximum Gasteiger partial charge on any atom is 0.339 e. The Bertz CT molecular complexity index is 500. The lowest BCUT2D eigenvalue weighted by atomic mass is 9.92. The van der Waals surface area contributed by atoms with Gasteiger partial charge in [-0.25, -0.2) is 9.78 Å². The topological polar surface area (TPSA) is 117 Å². The summed E-state index contributed by atoms with van der Waals surface area (Å²) in [5.41, 5.74) is 5.06. The molecule has 0 spiro atoms. The zero-order valence-corrected chi connectivity index (χ0v) is 11.2. The third kappa shape index (κ3) is 3.57. The van der Waals surface area contributed by atoms with Gasteiger partial charge >= 0.3 is 5.97 Å². The monoisotopic (exact) mass is 266 g/mol. The lowest BCUT2D eigenvalue weighted by Gasteiger charge is -2.23. The molecule has 1 aromatic heterocycles. The standard InChI is InChI=1S/C12H18N4O3/c1-12(2,11(19)14-3)6-16-9-8(10(17)18)4-7(13)5-15-9/h4-5H,6,13H2,1-3H3,(H,14,19)(H,15,16)(H,17,18). The van der Waals surface area contributed by atoms with Crippen molar-refractivity contribution in [2.24, 2.45) is 5.41 Å². The Balaban J connectivity index is 2.89. The fraction of sp³-hybridized carbons (Fsp3) is 0.417. The summed E-state index contributed by atoms with van der Waals surface area (Å²) in [4.78, 5) is 26.6. The summed E-state index contributed by atoms with van der Waals surface area (Å²) in [6.45, 7) is 3.75. The maximum absolute atomic E-state index is 11.6. The van der Waals surface area contributed by atoms with Crippen LogP contribution in [-0.2, 0) is 4.79 Å². The van der Waals surface area contributed by atoms with Gasteiger partial charge < -0.3 is 21.5 Å². The van der Waals surface area contributed by atoms with Gasteiger partial charge in [-0.05, 0) is 19.9 Å². The van der Waals surface area contributed by atoms with Crippen molar-refractivity contribution >= 4 is 23.4 Å². The van der Waals surface area contributed by atoms with E-state index in [9.17, 15) is 9.59 Å². The highest BCUT2D eigenvalue weighted by Crippen LogP contribution is 2.20. The van der Waals surface area contributed by atoms with Crippen LogP contribution < -0.4 is 16.4 Å². The van der Waals surface area contributed by atoms with Gasteiger partial charge in [-0.15, -0.1) is 0 Å². The predicted octanol–water partition coefficient (Wildman–Crippen LogP) is 0.546. The molecular formula is C12H18N4O3. The van der Waals surface area contributed by atoms with Crippen LogP contribution in [0.2, 0.25) is 0 Å². The Labute approximate surface area is 111 Å². The van der Waals surface area contributed by atoms with Gasteiger partial charge in [0, 0.05) is 13.6 Å². The van der Waals surface area contributed by atoms with E-state index in [0.717, 1.165) is 0 Å². The van der Waals surface area contributed by atoms with E-state index in [1.54, 1.807) is 20.9 Å². The summed E-state index contributed by atoms with van der Waals surface area (Å²) >= 11 is 0. The molecule has 7 nitrogen and oxygen atoms in total. The Hall–Kier alpha value is -2.31. The van der Waals surface area contributed by atoms with Crippen molar-refractivity contribution < 1.29 is 14.7 Å². The number of nitrogen functional groups attached to an aromatic ring is 1. The Morgan fingerprint density at radius 3 is 2.63 bits per heavy atom. The molecule has 104 valence electrons. The minimum Gasteiger partial charge on any atom is -0.478 e. The molecule has 0 saturated heterocycles. The maximum atomic E-state index is 11.6. The molecular weight excluding hydrogens is 248 g/mol. The fourth-order valence-electron chi connectivity index (χ4n) is 1.51. The largest absolute Gasteiger partial charge is 0.478 e. The van der Waals surface area contributed by atoms with Gasteiger partial charge in [0.2, 0.25) is 5.91 Å². The molecule has 5 N–H and O–H groups in total. The number of nitrogens with two attached hydrogens (primary N) is 1. The minimum atomic E-state index is -1.12. The second-order valence-corrected chi connectivity index (χ2v) is 4.79. The molecule has 0 saturated carbocycles. The molecule has 0 aliphatic rings. The third-order valence-corrected chi connectivity index (χ3v) is 2.68. The molecule has 0 aromatic carbocycles. The molecule has 1 aromatic rings. The molecule has 19 heavy (non-hydrogen) atoms. The number of carbonyl (C=O) groups excluding carboxylic acids is 1. The third-order valence-electron chi connectivity index (χ3n) is 2.68. The number of carboxylic acid groups (broad SMARTS) is 1. The summed E-state index contributed by atoms with van der Waals surface area (Å²) in [6.07, 6.45) is 1.36. The summed E-state index contributed by atoms with van der Waals surface area (Å²) in [7, 11) is 1.55. The van der Waals surface area contributed by atoms with Gasteiger partial charge in [-0.3, -0.25) is 4.79 Å². The van der Waals surface area contributed by atoms with E-state index in [0.29, 0.717) is 0 Å². The average molecular weight is 266 g/mol. The summed E-state index contributed by atoms with van der Waals surface area (Å²) in [5, 5.41) is 14.5. The highest BCUT2D eigenvalue weighted by atomic mass is 16.4. The molecule has 1 rings (SSSR count). The van der Waals surface area contributed by atoms with Gasteiger partial charge in [0.25, 0.3) is 0 Å². The van der Waals surface area contributed by atoms with Crippen molar-refractivity contribution in [2.45, 2.75) is 13.8 Å². The molecule has 0 unspecified atom stereocenters. The quantitative estimate of drug-likeness (QED) is 0.618. The average Bonchev–Trinajstić information content (AvgIpc) is 2.36. The minimum absolute atomic E-state index is 0.0206. The first-order valence-corrected chi connectivity index (χ1v) is 5.73. The lowest BCUT2D eigenvalue weighted by Crippen LogP contribution is -2.39. The van der Waals surface area contributed by atoms with Crippen molar-refractivity contribution in [3.63, 3.8) is 0 Å². The number of nitrogens with one attached hydrogen (secondary N) is 2. The summed E-state index contributed by atoms with van der Waals surface area (Å²) in [6, 6.07) is 1.32. The van der Waals surface area contributed by atoms with Crippen LogP contribution >= 0.6 is 0 Å². The zero-order valence-electron chi connectivity index (χ0n) is 11.2. The van der Waals surface area contributed by atoms with E-state index in [2.05, 4.69) is 15.6 Å². The van der Waals surface area contributed by atoms with Crippen LogP contribution in [-0.4, -0.2) is 35.6 Å². The molecule has 0 fully saturated rings. The molecule has 7 heteroatoms. The van der Waals surface area contributed by atoms with Crippen molar-refractivity contribution in [1.82, 2.24) is 10.3 Å². The van der Waals surface area contributed by atoms with Crippen LogP contribution in [0.5, 0.6) is 0 Å². The zero-order chi connectivity index (χ0) is 14.6. The van der Waals surface area contributed by atoms with Gasteiger partial charge in [0.15, 0.2) is 0 Å². The summed E-state index contributed by atoms with van der Waals surface area (Å²) < 4.78 is 0. The van der Waals surface area contributed by atoms with Crippen LogP contribution in [0, 0.1) is 5.41 Å². The first-order chi connectivity index (χ1) is 8.77. The second kappa shape index (κ2) is 5.55. The van der Waals surface area contributed by atoms with Gasteiger partial charge in [0.05, 0.1) is 17.3 Å². The number of carboxylic acids is 1. The Morgan fingerprint density at radius 1 is 1.47 bits per heavy atom. The Morgan fingerprint density at radius 2 is 2.11 bits per heavy atom. The van der Waals surface area contributed by atoms with Crippen LogP contribution in [0.1, 0.15) is 24.2 Å². The number of rotatable bonds is 5. The number of hydrogen-bond donors (Lipinski definition) is 4. The normalized spacial score (nSPS) is 10.9. The number of anilines is 2. The number of pyridine rings is 1. The second-order valence-electron chi connectivity index (χ2n) is 4.79. The van der Waals surface area contributed by atoms with Crippen molar-refractivity contribution in [3.8, 4) is 0 Å². The molecule has 1 heterocycles. The smallest absolute Gasteiger partial charge is 0.339 e. The molecule has 1 amide bonds. The summed E-state index contributed by atoms with van der Waals surface area (Å²) in [5.74, 6) is -1.08. The predicted molar refractivity (Wildman–Crippen MR) is 71.9 cm³/mol. The van der Waals surface area contributed by atoms with E-state index >= 15 is 0 Å². The molecule has 0 aliphatic heterocycles. The first-order valence-electron chi connectivity index (χ1n) is 5.73. The van der Waals surface area contributed by atoms with Gasteiger partial charge in [0.1, 0.15) is 11.4 Å². The van der Waals surface area contributed by atoms with Gasteiger partial charge in [-0.2, -0.15) is 0 Å². The van der Waals surface area contributed by atoms with E-state index in [1.807, 2.05) is 0 Å². The first kappa shape index (κ1) is 14.7. The van der Waals surface area contributed by atoms with Gasteiger partial charge in [-0.1, -0.05) is 0 Å². The van der Waals surface area contributed by atoms with Crippen LogP contribution in [0.3, 0.4) is 0 Å². The van der Waals surface area contributed by atoms with Crippen molar-refractivity contribution in [3.05, 3.63) is 17.8 Å². The number of carbonyl (C=O) groups is 2. The Kier molecular flexibility index (Phi) is 4.31. The number of aromatic nitrogens is 1. The molecule has 0 atom stereocenters. The highest BCUT2D eigenvalue weighted by molar-refractivity contribution is 5.94. The van der Waals surface area contributed by atoms with E-state index in [-0.39, 0.29) is 29.5 Å². The van der Waals surface area contributed by atoms with Crippen molar-refractivity contribution in [1.29, 1.82) is 0 Å². The number of amides is 1. The fourth-order valence-corrected chi connectivity index (χ4v) is 1.51. The number of nitrogens with zero attached hydrogens (tertiary/aromatic N) is 1. The number of hydrogen-bond acceptors (Lipinski definition) is 5. The SMILES string of the molecule is CNC(=O)C(C)(C)CNc1ncc(N)cc1C(=O)O. The number of aromatic carboxylic acids is 1. The van der Waals surface area contributed by atoms with Crippen molar-refractivity contribution in [2.75, 3.05) is 24.6 Å². The van der Waals surface area contributed by atoms with E-state index in [1.165, 1.54) is 12.3 Å². The van der Waals surface area contributed by atoms with Crippen LogP contribution in [0.4, 0.5) is 11.5 Å². The van der Waals surface area contributed by atoms with E-state index in [4.69, 9.17) is 10.8 Å². The van der Waals surface area contributed by atoms with Crippen LogP contribution in [0.15, 0.2) is 12.3 Å². The molecule has 0 radical (unpaired) electrons. The molecule has 0 aliphatic carbocycles.